The summed E-state index contributed by atoms with van der Waals surface area (Å²) in [4.78, 5) is 16.0. The van der Waals surface area contributed by atoms with E-state index in [2.05, 4.69) is 41.3 Å². The summed E-state index contributed by atoms with van der Waals surface area (Å²) < 4.78 is 0. The van der Waals surface area contributed by atoms with Gasteiger partial charge in [0, 0.05) is 38.8 Å². The first-order chi connectivity index (χ1) is 13.6. The first kappa shape index (κ1) is 18.9. The van der Waals surface area contributed by atoms with Crippen LogP contribution in [0.3, 0.4) is 0 Å². The van der Waals surface area contributed by atoms with Gasteiger partial charge in [-0.3, -0.25) is 9.69 Å². The molecule has 0 aliphatic carbocycles. The van der Waals surface area contributed by atoms with E-state index in [1.54, 1.807) is 6.92 Å². The van der Waals surface area contributed by atoms with Crippen LogP contribution >= 0.6 is 0 Å². The highest BCUT2D eigenvalue weighted by atomic mass is 16.3. The summed E-state index contributed by atoms with van der Waals surface area (Å²) in [6, 6.07) is 16.6. The van der Waals surface area contributed by atoms with Gasteiger partial charge in [-0.25, -0.2) is 0 Å². The van der Waals surface area contributed by atoms with Gasteiger partial charge < -0.3 is 10.0 Å². The molecule has 0 bridgehead atoms. The molecule has 2 aliphatic rings. The van der Waals surface area contributed by atoms with Gasteiger partial charge in [0.2, 0.25) is 5.91 Å². The summed E-state index contributed by atoms with van der Waals surface area (Å²) in [5.41, 5.74) is 5.81. The number of amides is 1. The predicted octanol–water partition coefficient (Wildman–Crippen LogP) is 3.81. The van der Waals surface area contributed by atoms with Gasteiger partial charge in [-0.2, -0.15) is 0 Å². The van der Waals surface area contributed by atoms with Crippen molar-refractivity contribution in [3.05, 3.63) is 71.3 Å². The maximum atomic E-state index is 11.8. The fraction of sp³-hybridized carbons (Fsp3) is 0.375. The second kappa shape index (κ2) is 8.29. The minimum absolute atomic E-state index is 0.0866. The molecule has 2 heterocycles. The van der Waals surface area contributed by atoms with Gasteiger partial charge in [-0.1, -0.05) is 48.5 Å². The number of hydrogen-bond donors (Lipinski definition) is 1. The van der Waals surface area contributed by atoms with Crippen LogP contribution in [0.2, 0.25) is 0 Å². The molecule has 0 aromatic heterocycles. The molecular formula is C24H28N2O2. The second-order valence-corrected chi connectivity index (χ2v) is 7.78. The number of nitrogens with zero attached hydrogens (tertiary/aromatic N) is 2. The van der Waals surface area contributed by atoms with Gasteiger partial charge in [0.25, 0.3) is 0 Å². The fourth-order valence-electron chi connectivity index (χ4n) is 4.29. The van der Waals surface area contributed by atoms with E-state index >= 15 is 0 Å². The predicted molar refractivity (Wildman–Crippen MR) is 113 cm³/mol. The lowest BCUT2D eigenvalue weighted by atomic mass is 9.96. The summed E-state index contributed by atoms with van der Waals surface area (Å²) in [7, 11) is 0. The Labute approximate surface area is 167 Å². The Morgan fingerprint density at radius 3 is 2.64 bits per heavy atom. The molecule has 0 saturated carbocycles. The van der Waals surface area contributed by atoms with E-state index in [4.69, 9.17) is 0 Å². The number of hydrogen-bond acceptors (Lipinski definition) is 3. The summed E-state index contributed by atoms with van der Waals surface area (Å²) in [5, 5.41) is 10.8. The van der Waals surface area contributed by atoms with Crippen LogP contribution in [0.4, 0.5) is 5.69 Å². The molecule has 0 unspecified atom stereocenters. The van der Waals surface area contributed by atoms with E-state index in [-0.39, 0.29) is 5.91 Å². The molecule has 0 saturated heterocycles. The van der Waals surface area contributed by atoms with Crippen molar-refractivity contribution in [1.82, 2.24) is 4.90 Å². The Kier molecular flexibility index (Phi) is 5.60. The average molecular weight is 377 g/mol. The molecule has 28 heavy (non-hydrogen) atoms. The zero-order valence-corrected chi connectivity index (χ0v) is 16.5. The van der Waals surface area contributed by atoms with Crippen molar-refractivity contribution in [2.75, 3.05) is 31.1 Å². The zero-order chi connectivity index (χ0) is 19.5. The minimum Gasteiger partial charge on any atom is -0.387 e. The highest BCUT2D eigenvalue weighted by Gasteiger charge is 2.22. The number of carbonyl (C=O) groups is 1. The molecule has 2 aromatic carbocycles. The number of anilines is 1. The number of β-amino-alcohol motifs (C(OH)–C–C–N with tert-alkyl or cyclic N) is 1. The van der Waals surface area contributed by atoms with Crippen molar-refractivity contribution >= 4 is 17.2 Å². The molecule has 4 rings (SSSR count). The summed E-state index contributed by atoms with van der Waals surface area (Å²) >= 11 is 0. The average Bonchev–Trinajstić information content (AvgIpc) is 2.74. The normalized spacial score (nSPS) is 18.4. The maximum absolute atomic E-state index is 11.8. The van der Waals surface area contributed by atoms with Gasteiger partial charge in [0.1, 0.15) is 0 Å². The van der Waals surface area contributed by atoms with E-state index in [1.165, 1.54) is 16.7 Å². The van der Waals surface area contributed by atoms with E-state index < -0.39 is 6.10 Å². The Bertz CT molecular complexity index is 875. The van der Waals surface area contributed by atoms with Crippen LogP contribution in [0.25, 0.3) is 5.57 Å². The van der Waals surface area contributed by atoms with Crippen LogP contribution in [-0.4, -0.2) is 42.1 Å². The third-order valence-corrected chi connectivity index (χ3v) is 5.86. The van der Waals surface area contributed by atoms with Crippen LogP contribution in [0.15, 0.2) is 54.6 Å². The van der Waals surface area contributed by atoms with E-state index in [0.717, 1.165) is 50.1 Å². The second-order valence-electron chi connectivity index (χ2n) is 7.78. The maximum Gasteiger partial charge on any atom is 0.223 e. The van der Waals surface area contributed by atoms with Crippen molar-refractivity contribution in [1.29, 1.82) is 0 Å². The quantitative estimate of drug-likeness (QED) is 0.882. The molecular weight excluding hydrogens is 348 g/mol. The smallest absolute Gasteiger partial charge is 0.223 e. The number of aryl methyl sites for hydroxylation is 1. The van der Waals surface area contributed by atoms with Gasteiger partial charge in [-0.05, 0) is 47.6 Å². The molecule has 1 amide bonds. The van der Waals surface area contributed by atoms with Crippen LogP contribution in [0.1, 0.15) is 42.6 Å². The number of aliphatic hydroxyl groups excluding tert-OH is 1. The first-order valence-corrected chi connectivity index (χ1v) is 10.2. The van der Waals surface area contributed by atoms with Gasteiger partial charge >= 0.3 is 0 Å². The third kappa shape index (κ3) is 4.03. The minimum atomic E-state index is -0.510. The number of fused-ring (bicyclic) bond motifs is 1. The van der Waals surface area contributed by atoms with Gasteiger partial charge in [0.15, 0.2) is 0 Å². The molecule has 4 nitrogen and oxygen atoms in total. The highest BCUT2D eigenvalue weighted by Crippen LogP contribution is 2.30. The third-order valence-electron chi connectivity index (χ3n) is 5.86. The molecule has 2 aliphatic heterocycles. The molecule has 1 atom stereocenters. The number of aliphatic hydroxyl groups is 1. The lowest BCUT2D eigenvalue weighted by molar-refractivity contribution is -0.116. The molecule has 2 aromatic rings. The van der Waals surface area contributed by atoms with Crippen LogP contribution in [-0.2, 0) is 11.2 Å². The monoisotopic (exact) mass is 376 g/mol. The standard InChI is InChI=1S/C24H28N2O2/c1-18(27)26-13-5-8-21-16-22(9-10-23(21)26)24(28)17-25-14-11-20(12-15-25)19-6-3-2-4-7-19/h2-4,6-7,9-11,16,24,28H,5,8,12-15,17H2,1H3/t24-/m0/s1. The Morgan fingerprint density at radius 1 is 1.11 bits per heavy atom. The first-order valence-electron chi connectivity index (χ1n) is 10.2. The largest absolute Gasteiger partial charge is 0.387 e. The number of carbonyl (C=O) groups excluding carboxylic acids is 1. The lowest BCUT2D eigenvalue weighted by Gasteiger charge is -2.31. The summed E-state index contributed by atoms with van der Waals surface area (Å²) in [6.45, 7) is 4.86. The SMILES string of the molecule is CC(=O)N1CCCc2cc([C@@H](O)CN3CC=C(c4ccccc4)CC3)ccc21. The number of rotatable bonds is 4. The lowest BCUT2D eigenvalue weighted by Crippen LogP contribution is -2.34. The Balaban J connectivity index is 1.41. The van der Waals surface area contributed by atoms with E-state index in [1.807, 2.05) is 23.1 Å². The zero-order valence-electron chi connectivity index (χ0n) is 16.5. The molecule has 0 spiro atoms. The topological polar surface area (TPSA) is 43.8 Å². The van der Waals surface area contributed by atoms with Gasteiger partial charge in [0.05, 0.1) is 6.10 Å². The van der Waals surface area contributed by atoms with Crippen molar-refractivity contribution in [3.8, 4) is 0 Å². The van der Waals surface area contributed by atoms with E-state index in [0.29, 0.717) is 6.54 Å². The highest BCUT2D eigenvalue weighted by molar-refractivity contribution is 5.92. The van der Waals surface area contributed by atoms with Crippen LogP contribution in [0.5, 0.6) is 0 Å². The van der Waals surface area contributed by atoms with Crippen molar-refractivity contribution in [3.63, 3.8) is 0 Å². The molecule has 146 valence electrons. The Hall–Kier alpha value is -2.43. The van der Waals surface area contributed by atoms with Crippen molar-refractivity contribution in [2.45, 2.75) is 32.3 Å². The Morgan fingerprint density at radius 2 is 1.93 bits per heavy atom. The fourth-order valence-corrected chi connectivity index (χ4v) is 4.29. The molecule has 1 N–H and O–H groups in total. The number of benzene rings is 2. The van der Waals surface area contributed by atoms with Crippen LogP contribution in [0, 0.1) is 0 Å². The van der Waals surface area contributed by atoms with E-state index in [9.17, 15) is 9.90 Å². The van der Waals surface area contributed by atoms with Crippen molar-refractivity contribution < 1.29 is 9.90 Å². The van der Waals surface area contributed by atoms with Crippen LogP contribution < -0.4 is 4.90 Å². The summed E-state index contributed by atoms with van der Waals surface area (Å²) in [6.07, 6.45) is 4.72. The summed E-state index contributed by atoms with van der Waals surface area (Å²) in [5.74, 6) is 0.0866. The van der Waals surface area contributed by atoms with Crippen molar-refractivity contribution in [2.24, 2.45) is 0 Å². The van der Waals surface area contributed by atoms with Gasteiger partial charge in [-0.15, -0.1) is 0 Å². The molecule has 4 heteroatoms. The molecule has 0 radical (unpaired) electrons. The molecule has 0 fully saturated rings.